The van der Waals surface area contributed by atoms with Crippen LogP contribution in [0.4, 0.5) is 8.78 Å². The van der Waals surface area contributed by atoms with Crippen molar-refractivity contribution >= 4 is 46.4 Å². The summed E-state index contributed by atoms with van der Waals surface area (Å²) in [5.41, 5.74) is 1.09. The van der Waals surface area contributed by atoms with Crippen molar-refractivity contribution in [2.45, 2.75) is 6.61 Å². The molecule has 2 aromatic rings. The van der Waals surface area contributed by atoms with Gasteiger partial charge in [-0.3, -0.25) is 0 Å². The highest BCUT2D eigenvalue weighted by atomic mass is 35.5. The highest BCUT2D eigenvalue weighted by molar-refractivity contribution is 6.49. The van der Waals surface area contributed by atoms with Gasteiger partial charge in [-0.25, -0.2) is 0 Å². The zero-order valence-corrected chi connectivity index (χ0v) is 12.7. The summed E-state index contributed by atoms with van der Waals surface area (Å²) < 4.78 is 28.5. The lowest BCUT2D eigenvalue weighted by atomic mass is 10.1. The lowest BCUT2D eigenvalue weighted by Crippen LogP contribution is -2.01. The molecule has 0 amide bonds. The lowest BCUT2D eigenvalue weighted by Gasteiger charge is -2.11. The fraction of sp³-hybridized carbons (Fsp3) is 0.0769. The highest BCUT2D eigenvalue weighted by Gasteiger charge is 2.14. The summed E-state index contributed by atoms with van der Waals surface area (Å²) in [6, 6.07) is 7.38. The molecule has 0 saturated heterocycles. The van der Waals surface area contributed by atoms with Crippen LogP contribution in [0, 0.1) is 0 Å². The van der Waals surface area contributed by atoms with E-state index in [9.17, 15) is 8.78 Å². The topological polar surface area (TPSA) is 9.23 Å². The third-order valence-electron chi connectivity index (χ3n) is 2.49. The second-order valence-electron chi connectivity index (χ2n) is 3.74. The van der Waals surface area contributed by atoms with E-state index in [1.165, 1.54) is 18.2 Å². The fourth-order valence-corrected chi connectivity index (χ4v) is 2.53. The van der Waals surface area contributed by atoms with Crippen LogP contribution < -0.4 is 4.74 Å². The molecule has 1 nitrogen and oxygen atoms in total. The van der Waals surface area contributed by atoms with Gasteiger partial charge in [0.2, 0.25) is 0 Å². The molecule has 0 aliphatic heterocycles. The maximum Gasteiger partial charge on any atom is 0.387 e. The van der Waals surface area contributed by atoms with Crippen LogP contribution in [0.2, 0.25) is 20.1 Å². The molecule has 2 rings (SSSR count). The van der Waals surface area contributed by atoms with Gasteiger partial charge in [-0.1, -0.05) is 52.5 Å². The van der Waals surface area contributed by atoms with E-state index in [1.54, 1.807) is 12.1 Å². The Hall–Kier alpha value is -0.740. The largest absolute Gasteiger partial charge is 0.435 e. The van der Waals surface area contributed by atoms with Crippen molar-refractivity contribution < 1.29 is 13.5 Å². The minimum atomic E-state index is -2.91. The first-order chi connectivity index (χ1) is 9.40. The number of halogens is 6. The molecule has 0 fully saturated rings. The summed E-state index contributed by atoms with van der Waals surface area (Å²) in [5.74, 6) is -0.0371. The number of benzene rings is 2. The normalized spacial score (nSPS) is 10.9. The van der Waals surface area contributed by atoms with Gasteiger partial charge in [0.15, 0.2) is 0 Å². The van der Waals surface area contributed by atoms with Crippen molar-refractivity contribution in [1.29, 1.82) is 0 Å². The summed E-state index contributed by atoms with van der Waals surface area (Å²) in [5, 5.41) is 0.969. The summed E-state index contributed by atoms with van der Waals surface area (Å²) in [4.78, 5) is 0. The molecule has 7 heteroatoms. The van der Waals surface area contributed by atoms with Gasteiger partial charge in [-0.05, 0) is 24.3 Å². The zero-order valence-electron chi connectivity index (χ0n) is 9.64. The summed E-state index contributed by atoms with van der Waals surface area (Å²) >= 11 is 24.0. The third-order valence-corrected chi connectivity index (χ3v) is 4.10. The second-order valence-corrected chi connectivity index (χ2v) is 5.31. The molecule has 106 valence electrons. The monoisotopic (exact) mass is 356 g/mol. The summed E-state index contributed by atoms with van der Waals surface area (Å²) in [6.45, 7) is -2.91. The maximum absolute atomic E-state index is 12.1. The molecule has 0 aliphatic rings. The predicted molar refractivity (Wildman–Crippen MR) is 78.6 cm³/mol. The Kier molecular flexibility index (Phi) is 4.97. The van der Waals surface area contributed by atoms with E-state index in [0.29, 0.717) is 16.1 Å². The van der Waals surface area contributed by atoms with Crippen LogP contribution in [0.5, 0.6) is 5.75 Å². The zero-order chi connectivity index (χ0) is 14.9. The molecule has 0 radical (unpaired) electrons. The number of hydrogen-bond donors (Lipinski definition) is 0. The van der Waals surface area contributed by atoms with Crippen molar-refractivity contribution in [1.82, 2.24) is 0 Å². The molecule has 0 saturated carbocycles. The van der Waals surface area contributed by atoms with Gasteiger partial charge in [0.05, 0.1) is 20.1 Å². The summed E-state index contributed by atoms with van der Waals surface area (Å²) in [7, 11) is 0. The molecule has 0 N–H and O–H groups in total. The van der Waals surface area contributed by atoms with Crippen molar-refractivity contribution in [3.8, 4) is 16.9 Å². The average molecular weight is 358 g/mol. The third kappa shape index (κ3) is 3.29. The Morgan fingerprint density at radius 3 is 2.05 bits per heavy atom. The van der Waals surface area contributed by atoms with Crippen LogP contribution in [0.15, 0.2) is 30.3 Å². The van der Waals surface area contributed by atoms with Crippen LogP contribution in [0.25, 0.3) is 11.1 Å². The van der Waals surface area contributed by atoms with Crippen LogP contribution in [0.1, 0.15) is 0 Å². The SMILES string of the molecule is FC(F)Oc1ccc(-c2ccc(Cl)c(Cl)c2Cl)c(Cl)c1. The molecule has 0 spiro atoms. The Bertz CT molecular complexity index is 647. The van der Waals surface area contributed by atoms with Gasteiger partial charge in [0, 0.05) is 11.1 Å². The van der Waals surface area contributed by atoms with Crippen molar-refractivity contribution in [3.05, 3.63) is 50.4 Å². The van der Waals surface area contributed by atoms with Crippen LogP contribution in [0.3, 0.4) is 0 Å². The van der Waals surface area contributed by atoms with Crippen LogP contribution in [-0.4, -0.2) is 6.61 Å². The first kappa shape index (κ1) is 15.6. The number of alkyl halides is 2. The minimum absolute atomic E-state index is 0.0371. The maximum atomic E-state index is 12.1. The van der Waals surface area contributed by atoms with Gasteiger partial charge >= 0.3 is 6.61 Å². The van der Waals surface area contributed by atoms with Crippen molar-refractivity contribution in [2.75, 3.05) is 0 Å². The summed E-state index contributed by atoms with van der Waals surface area (Å²) in [6.07, 6.45) is 0. The van der Waals surface area contributed by atoms with E-state index in [1.807, 2.05) is 0 Å². The van der Waals surface area contributed by atoms with Gasteiger partial charge in [-0.15, -0.1) is 0 Å². The molecule has 2 aromatic carbocycles. The van der Waals surface area contributed by atoms with E-state index in [4.69, 9.17) is 46.4 Å². The van der Waals surface area contributed by atoms with Crippen molar-refractivity contribution in [3.63, 3.8) is 0 Å². The molecular weight excluding hydrogens is 352 g/mol. The van der Waals surface area contributed by atoms with E-state index in [-0.39, 0.29) is 20.8 Å². The lowest BCUT2D eigenvalue weighted by molar-refractivity contribution is -0.0498. The number of ether oxygens (including phenoxy) is 1. The van der Waals surface area contributed by atoms with Gasteiger partial charge in [0.25, 0.3) is 0 Å². The Morgan fingerprint density at radius 2 is 1.45 bits per heavy atom. The Labute approximate surface area is 134 Å². The molecule has 0 aliphatic carbocycles. The molecule has 0 unspecified atom stereocenters. The molecule has 20 heavy (non-hydrogen) atoms. The van der Waals surface area contributed by atoms with E-state index in [2.05, 4.69) is 4.74 Å². The first-order valence-corrected chi connectivity index (χ1v) is 6.79. The Balaban J connectivity index is 2.46. The van der Waals surface area contributed by atoms with Crippen LogP contribution in [-0.2, 0) is 0 Å². The van der Waals surface area contributed by atoms with E-state index in [0.717, 1.165) is 0 Å². The predicted octanol–water partition coefficient (Wildman–Crippen LogP) is 6.57. The molecule has 0 bridgehead atoms. The molecular formula is C13H6Cl4F2O. The Morgan fingerprint density at radius 1 is 0.800 bits per heavy atom. The fourth-order valence-electron chi connectivity index (χ4n) is 1.62. The minimum Gasteiger partial charge on any atom is -0.435 e. The van der Waals surface area contributed by atoms with Crippen LogP contribution >= 0.6 is 46.4 Å². The molecule has 0 heterocycles. The smallest absolute Gasteiger partial charge is 0.387 e. The van der Waals surface area contributed by atoms with Crippen molar-refractivity contribution in [2.24, 2.45) is 0 Å². The first-order valence-electron chi connectivity index (χ1n) is 5.28. The standard InChI is InChI=1S/C13H6Cl4F2O/c14-9-4-3-8(11(16)12(9)17)7-2-1-6(5-10(7)15)20-13(18)19/h1-5,13H. The molecule has 0 atom stereocenters. The number of rotatable bonds is 3. The average Bonchev–Trinajstić information content (AvgIpc) is 2.37. The van der Waals surface area contributed by atoms with E-state index >= 15 is 0 Å². The quantitative estimate of drug-likeness (QED) is 0.564. The van der Waals surface area contributed by atoms with E-state index < -0.39 is 6.61 Å². The number of hydrogen-bond acceptors (Lipinski definition) is 1. The molecule has 0 aromatic heterocycles. The van der Waals surface area contributed by atoms with Gasteiger partial charge in [0.1, 0.15) is 5.75 Å². The highest BCUT2D eigenvalue weighted by Crippen LogP contribution is 2.41. The van der Waals surface area contributed by atoms with Gasteiger partial charge < -0.3 is 4.74 Å². The second kappa shape index (κ2) is 6.35. The van der Waals surface area contributed by atoms with Gasteiger partial charge in [-0.2, -0.15) is 8.78 Å².